The van der Waals surface area contributed by atoms with Gasteiger partial charge in [0.1, 0.15) is 11.2 Å². The van der Waals surface area contributed by atoms with Gasteiger partial charge in [-0.1, -0.05) is 38.2 Å². The minimum Gasteiger partial charge on any atom is -0.416 e. The summed E-state index contributed by atoms with van der Waals surface area (Å²) in [4.78, 5) is 0. The van der Waals surface area contributed by atoms with E-state index in [1.807, 2.05) is 52.0 Å². The molecule has 0 heterocycles. The average molecular weight is 310 g/mol. The van der Waals surface area contributed by atoms with E-state index in [-0.39, 0.29) is 11.8 Å². The second-order valence-electron chi connectivity index (χ2n) is 6.66. The summed E-state index contributed by atoms with van der Waals surface area (Å²) in [7, 11) is 0. The zero-order chi connectivity index (χ0) is 17.1. The van der Waals surface area contributed by atoms with Gasteiger partial charge in [-0.3, -0.25) is 0 Å². The molecule has 0 fully saturated rings. The van der Waals surface area contributed by atoms with Gasteiger partial charge in [0.2, 0.25) is 0 Å². The van der Waals surface area contributed by atoms with Gasteiger partial charge in [-0.2, -0.15) is 10.5 Å². The molecule has 0 saturated heterocycles. The summed E-state index contributed by atoms with van der Waals surface area (Å²) in [5.74, 6) is 0.250. The number of rotatable bonds is 4. The molecule has 0 aromatic heterocycles. The molecule has 0 N–H and O–H groups in total. The van der Waals surface area contributed by atoms with Crippen LogP contribution in [0, 0.1) is 34.9 Å². The van der Waals surface area contributed by atoms with Crippen molar-refractivity contribution in [1.82, 2.24) is 0 Å². The Morgan fingerprint density at radius 2 is 1.30 bits per heavy atom. The van der Waals surface area contributed by atoms with Gasteiger partial charge in [0.15, 0.2) is 0 Å². The summed E-state index contributed by atoms with van der Waals surface area (Å²) in [5.41, 5.74) is 1.26. The Hall–Kier alpha value is -2.46. The maximum absolute atomic E-state index is 8.77. The van der Waals surface area contributed by atoms with Crippen molar-refractivity contribution in [2.24, 2.45) is 11.8 Å². The first-order valence-corrected chi connectivity index (χ1v) is 7.77. The number of nitrogens with zero attached hydrogens (tertiary/aromatic N) is 2. The molecule has 0 spiro atoms. The van der Waals surface area contributed by atoms with Crippen molar-refractivity contribution in [3.8, 4) is 12.5 Å². The highest BCUT2D eigenvalue weighted by molar-refractivity contribution is 5.39. The fourth-order valence-corrected chi connectivity index (χ4v) is 2.85. The van der Waals surface area contributed by atoms with Crippen molar-refractivity contribution in [2.45, 2.75) is 45.3 Å². The van der Waals surface area contributed by atoms with Crippen molar-refractivity contribution >= 4 is 0 Å². The molecular weight excluding hydrogens is 288 g/mol. The van der Waals surface area contributed by atoms with Crippen LogP contribution in [0.15, 0.2) is 47.6 Å². The highest BCUT2D eigenvalue weighted by Crippen LogP contribution is 2.35. The third-order valence-electron chi connectivity index (χ3n) is 4.93. The zero-order valence-electron chi connectivity index (χ0n) is 14.0. The van der Waals surface area contributed by atoms with Gasteiger partial charge in [-0.05, 0) is 43.6 Å². The van der Waals surface area contributed by atoms with Crippen molar-refractivity contribution in [3.63, 3.8) is 0 Å². The normalized spacial score (nSPS) is 35.6. The molecule has 2 rings (SSSR count). The summed E-state index contributed by atoms with van der Waals surface area (Å²) in [6.45, 7) is 7.92. The Balaban J connectivity index is 2.09. The van der Waals surface area contributed by atoms with E-state index in [1.165, 1.54) is 11.1 Å². The van der Waals surface area contributed by atoms with E-state index < -0.39 is 11.2 Å². The smallest absolute Gasteiger partial charge is 0.287 e. The molecular formula is C19H22N2O2. The van der Waals surface area contributed by atoms with Gasteiger partial charge in [0, 0.05) is 11.8 Å². The van der Waals surface area contributed by atoms with Gasteiger partial charge in [-0.15, -0.1) is 0 Å². The zero-order valence-corrected chi connectivity index (χ0v) is 14.0. The molecule has 4 unspecified atom stereocenters. The number of nitriles is 2. The van der Waals surface area contributed by atoms with Crippen LogP contribution >= 0.6 is 0 Å². The minimum absolute atomic E-state index is 0.125. The predicted octanol–water partition coefficient (Wildman–Crippen LogP) is 4.15. The first-order chi connectivity index (χ1) is 10.8. The maximum Gasteiger partial charge on any atom is 0.287 e. The van der Waals surface area contributed by atoms with Crippen LogP contribution in [0.2, 0.25) is 0 Å². The van der Waals surface area contributed by atoms with E-state index in [0.717, 1.165) is 6.42 Å². The fourth-order valence-electron chi connectivity index (χ4n) is 2.85. The van der Waals surface area contributed by atoms with Crippen LogP contribution in [0.4, 0.5) is 0 Å². The van der Waals surface area contributed by atoms with Crippen LogP contribution in [0.25, 0.3) is 0 Å². The van der Waals surface area contributed by atoms with E-state index in [4.69, 9.17) is 20.0 Å². The minimum atomic E-state index is -0.568. The molecule has 0 bridgehead atoms. The van der Waals surface area contributed by atoms with Crippen LogP contribution in [-0.4, -0.2) is 11.2 Å². The van der Waals surface area contributed by atoms with Crippen molar-refractivity contribution in [3.05, 3.63) is 47.6 Å². The Labute approximate surface area is 138 Å². The largest absolute Gasteiger partial charge is 0.416 e. The van der Waals surface area contributed by atoms with Crippen LogP contribution in [0.5, 0.6) is 0 Å². The van der Waals surface area contributed by atoms with Crippen LogP contribution in [0.3, 0.4) is 0 Å². The lowest BCUT2D eigenvalue weighted by Crippen LogP contribution is -2.34. The Morgan fingerprint density at radius 1 is 0.913 bits per heavy atom. The summed E-state index contributed by atoms with van der Waals surface area (Å²) >= 11 is 0. The number of hydrogen-bond donors (Lipinski definition) is 0. The highest BCUT2D eigenvalue weighted by atomic mass is 16.5. The quantitative estimate of drug-likeness (QED) is 0.731. The average Bonchev–Trinajstić information content (AvgIpc) is 2.48. The highest BCUT2D eigenvalue weighted by Gasteiger charge is 2.34. The van der Waals surface area contributed by atoms with E-state index in [0.29, 0.717) is 0 Å². The number of hydrogen-bond acceptors (Lipinski definition) is 4. The Bertz CT molecular complexity index is 616. The first-order valence-electron chi connectivity index (χ1n) is 7.77. The van der Waals surface area contributed by atoms with E-state index in [9.17, 15) is 0 Å². The van der Waals surface area contributed by atoms with E-state index in [1.54, 1.807) is 12.5 Å². The SMILES string of the molecule is CC1C=C(CC2=CC(C)C(C)(OC#N)C=C2)C=CC1(C)OC#N. The Morgan fingerprint density at radius 3 is 1.61 bits per heavy atom. The lowest BCUT2D eigenvalue weighted by Gasteiger charge is -2.33. The molecule has 0 amide bonds. The van der Waals surface area contributed by atoms with E-state index in [2.05, 4.69) is 12.2 Å². The van der Waals surface area contributed by atoms with Crippen molar-refractivity contribution in [2.75, 3.05) is 0 Å². The van der Waals surface area contributed by atoms with Crippen molar-refractivity contribution in [1.29, 1.82) is 10.5 Å². The lowest BCUT2D eigenvalue weighted by molar-refractivity contribution is 0.0646. The molecule has 2 aliphatic rings. The predicted molar refractivity (Wildman–Crippen MR) is 87.6 cm³/mol. The summed E-state index contributed by atoms with van der Waals surface area (Å²) in [6, 6.07) is 0. The standard InChI is InChI=1S/C19H22N2O2/c1-14-9-16(5-7-18(14,3)22-12-20)11-17-6-8-19(4,23-13-21)15(2)10-17/h5-10,14-15H,11H2,1-4H3. The molecule has 120 valence electrons. The fraction of sp³-hybridized carbons (Fsp3) is 0.474. The number of allylic oxidation sites excluding steroid dienone is 4. The summed E-state index contributed by atoms with van der Waals surface area (Å²) < 4.78 is 10.4. The second kappa shape index (κ2) is 6.34. The maximum atomic E-state index is 8.77. The van der Waals surface area contributed by atoms with Crippen LogP contribution in [-0.2, 0) is 9.47 Å². The van der Waals surface area contributed by atoms with Gasteiger partial charge >= 0.3 is 0 Å². The summed E-state index contributed by atoms with van der Waals surface area (Å²) in [6.07, 6.45) is 16.6. The third-order valence-corrected chi connectivity index (χ3v) is 4.93. The van der Waals surface area contributed by atoms with Crippen LogP contribution in [0.1, 0.15) is 34.1 Å². The Kier molecular flexibility index (Phi) is 4.66. The van der Waals surface area contributed by atoms with Crippen molar-refractivity contribution < 1.29 is 9.47 Å². The molecule has 0 radical (unpaired) electrons. The van der Waals surface area contributed by atoms with Gasteiger partial charge < -0.3 is 9.47 Å². The van der Waals surface area contributed by atoms with Gasteiger partial charge in [-0.25, -0.2) is 0 Å². The van der Waals surface area contributed by atoms with E-state index >= 15 is 0 Å². The molecule has 4 nitrogen and oxygen atoms in total. The molecule has 0 aliphatic heterocycles. The molecule has 0 aromatic rings. The first kappa shape index (κ1) is 16.9. The van der Waals surface area contributed by atoms with Crippen LogP contribution < -0.4 is 0 Å². The molecule has 4 atom stereocenters. The van der Waals surface area contributed by atoms with Gasteiger partial charge in [0.25, 0.3) is 12.5 Å². The molecule has 4 heteroatoms. The summed E-state index contributed by atoms with van der Waals surface area (Å²) in [5, 5.41) is 17.5. The molecule has 2 aliphatic carbocycles. The second-order valence-corrected chi connectivity index (χ2v) is 6.66. The topological polar surface area (TPSA) is 66.0 Å². The van der Waals surface area contributed by atoms with Gasteiger partial charge in [0.05, 0.1) is 0 Å². The molecule has 23 heavy (non-hydrogen) atoms. The monoisotopic (exact) mass is 310 g/mol. The molecule has 0 aromatic carbocycles. The number of ether oxygens (including phenoxy) is 2. The molecule has 0 saturated carbocycles. The third kappa shape index (κ3) is 3.48. The lowest BCUT2D eigenvalue weighted by atomic mass is 9.80.